The lowest BCUT2D eigenvalue weighted by atomic mass is 10.1. The van der Waals surface area contributed by atoms with E-state index in [0.717, 1.165) is 17.1 Å². The van der Waals surface area contributed by atoms with Gasteiger partial charge in [-0.2, -0.15) is 0 Å². The summed E-state index contributed by atoms with van der Waals surface area (Å²) in [6.07, 6.45) is 2.54. The van der Waals surface area contributed by atoms with E-state index in [0.29, 0.717) is 11.0 Å². The van der Waals surface area contributed by atoms with E-state index in [9.17, 15) is 0 Å². The highest BCUT2D eigenvalue weighted by atomic mass is 32.1. The van der Waals surface area contributed by atoms with Gasteiger partial charge in [0.1, 0.15) is 5.75 Å². The van der Waals surface area contributed by atoms with Gasteiger partial charge < -0.3 is 15.4 Å². The number of methoxy groups -OCH3 is 1. The number of hydrogen-bond acceptors (Lipinski definition) is 2. The van der Waals surface area contributed by atoms with Crippen LogP contribution in [0.4, 0.5) is 11.4 Å². The first-order valence-corrected chi connectivity index (χ1v) is 7.48. The van der Waals surface area contributed by atoms with Gasteiger partial charge in [0.25, 0.3) is 0 Å². The first-order chi connectivity index (χ1) is 10.3. The molecule has 0 spiro atoms. The molecule has 1 saturated carbocycles. The minimum absolute atomic E-state index is 0.576. The van der Waals surface area contributed by atoms with Gasteiger partial charge in [0.2, 0.25) is 0 Å². The zero-order valence-electron chi connectivity index (χ0n) is 11.9. The van der Waals surface area contributed by atoms with Gasteiger partial charge in [-0.25, -0.2) is 0 Å². The van der Waals surface area contributed by atoms with Crippen LogP contribution in [0.15, 0.2) is 48.5 Å². The molecule has 1 aliphatic carbocycles. The number of ether oxygens (including phenoxy) is 1. The van der Waals surface area contributed by atoms with Crippen molar-refractivity contribution in [2.24, 2.45) is 0 Å². The fourth-order valence-corrected chi connectivity index (χ4v) is 2.60. The van der Waals surface area contributed by atoms with Crippen molar-refractivity contribution in [3.63, 3.8) is 0 Å². The largest absolute Gasteiger partial charge is 0.495 e. The summed E-state index contributed by atoms with van der Waals surface area (Å²) in [5.74, 6) is 1.46. The van der Waals surface area contributed by atoms with E-state index in [1.165, 1.54) is 18.4 Å². The molecule has 0 aromatic heterocycles. The molecule has 2 aromatic rings. The molecule has 108 valence electrons. The second-order valence-corrected chi connectivity index (χ2v) is 5.55. The minimum atomic E-state index is 0.576. The van der Waals surface area contributed by atoms with E-state index in [1.807, 2.05) is 30.3 Å². The molecule has 0 saturated heterocycles. The first kappa shape index (κ1) is 13.9. The average Bonchev–Trinajstić information content (AvgIpc) is 3.33. The molecule has 0 unspecified atom stereocenters. The van der Waals surface area contributed by atoms with Crippen molar-refractivity contribution in [2.45, 2.75) is 18.8 Å². The van der Waals surface area contributed by atoms with Gasteiger partial charge in [-0.15, -0.1) is 0 Å². The van der Waals surface area contributed by atoms with Gasteiger partial charge in [-0.1, -0.05) is 30.3 Å². The molecule has 4 heteroatoms. The van der Waals surface area contributed by atoms with E-state index in [1.54, 1.807) is 7.11 Å². The first-order valence-electron chi connectivity index (χ1n) is 7.08. The highest BCUT2D eigenvalue weighted by Gasteiger charge is 2.25. The van der Waals surface area contributed by atoms with Crippen LogP contribution < -0.4 is 15.4 Å². The van der Waals surface area contributed by atoms with Gasteiger partial charge >= 0.3 is 0 Å². The predicted octanol–water partition coefficient (Wildman–Crippen LogP) is 4.38. The van der Waals surface area contributed by atoms with E-state index >= 15 is 0 Å². The Morgan fingerprint density at radius 2 is 1.62 bits per heavy atom. The Morgan fingerprint density at radius 1 is 1.00 bits per heavy atom. The summed E-state index contributed by atoms with van der Waals surface area (Å²) < 4.78 is 5.32. The Labute approximate surface area is 130 Å². The fraction of sp³-hybridized carbons (Fsp3) is 0.235. The molecule has 3 rings (SSSR count). The molecule has 21 heavy (non-hydrogen) atoms. The maximum Gasteiger partial charge on any atom is 0.175 e. The highest BCUT2D eigenvalue weighted by molar-refractivity contribution is 7.80. The van der Waals surface area contributed by atoms with Crippen LogP contribution in [0.2, 0.25) is 0 Å². The summed E-state index contributed by atoms with van der Waals surface area (Å²) >= 11 is 5.41. The quantitative estimate of drug-likeness (QED) is 0.821. The van der Waals surface area contributed by atoms with Crippen LogP contribution in [0.5, 0.6) is 5.75 Å². The van der Waals surface area contributed by atoms with Crippen LogP contribution in [0.3, 0.4) is 0 Å². The van der Waals surface area contributed by atoms with Gasteiger partial charge in [-0.3, -0.25) is 0 Å². The number of benzene rings is 2. The molecule has 1 aliphatic rings. The number of anilines is 2. The molecular formula is C17H18N2OS. The lowest BCUT2D eigenvalue weighted by molar-refractivity contribution is 0.417. The summed E-state index contributed by atoms with van der Waals surface area (Å²) in [7, 11) is 1.65. The number of rotatable bonds is 4. The Hall–Kier alpha value is -2.07. The average molecular weight is 298 g/mol. The van der Waals surface area contributed by atoms with Gasteiger partial charge in [-0.05, 0) is 54.7 Å². The molecule has 0 aliphatic heterocycles. The molecule has 0 radical (unpaired) electrons. The third-order valence-corrected chi connectivity index (χ3v) is 3.79. The van der Waals surface area contributed by atoms with Crippen LogP contribution in [0.25, 0.3) is 0 Å². The lowest BCUT2D eigenvalue weighted by Gasteiger charge is -2.15. The van der Waals surface area contributed by atoms with E-state index in [-0.39, 0.29) is 0 Å². The summed E-state index contributed by atoms with van der Waals surface area (Å²) in [6, 6.07) is 16.1. The Morgan fingerprint density at radius 3 is 2.33 bits per heavy atom. The highest BCUT2D eigenvalue weighted by Crippen LogP contribution is 2.43. The third-order valence-electron chi connectivity index (χ3n) is 3.58. The second kappa shape index (κ2) is 6.14. The Bertz CT molecular complexity index is 653. The molecular weight excluding hydrogens is 280 g/mol. The number of para-hydroxylation sites is 3. The zero-order chi connectivity index (χ0) is 14.7. The van der Waals surface area contributed by atoms with Crippen molar-refractivity contribution in [3.05, 3.63) is 54.1 Å². The number of nitrogens with one attached hydrogen (secondary N) is 2. The van der Waals surface area contributed by atoms with E-state index < -0.39 is 0 Å². The fourth-order valence-electron chi connectivity index (χ4n) is 2.38. The normalized spacial score (nSPS) is 13.6. The standard InChI is InChI=1S/C17H18N2OS/c1-20-16-9-5-4-8-15(16)19-17(21)18-14-7-3-2-6-13(14)12-10-11-12/h2-9,12H,10-11H2,1H3,(H2,18,19,21). The zero-order valence-corrected chi connectivity index (χ0v) is 12.7. The van der Waals surface area contributed by atoms with Gasteiger partial charge in [0.05, 0.1) is 12.8 Å². The van der Waals surface area contributed by atoms with Crippen LogP contribution in [-0.4, -0.2) is 12.2 Å². The summed E-state index contributed by atoms with van der Waals surface area (Å²) in [4.78, 5) is 0. The van der Waals surface area contributed by atoms with Crippen LogP contribution >= 0.6 is 12.2 Å². The van der Waals surface area contributed by atoms with Crippen molar-refractivity contribution in [1.29, 1.82) is 0 Å². The van der Waals surface area contributed by atoms with Crippen LogP contribution in [0, 0.1) is 0 Å². The minimum Gasteiger partial charge on any atom is -0.495 e. The monoisotopic (exact) mass is 298 g/mol. The predicted molar refractivity (Wildman–Crippen MR) is 91.3 cm³/mol. The Balaban J connectivity index is 1.72. The Kier molecular flexibility index (Phi) is 4.06. The lowest BCUT2D eigenvalue weighted by Crippen LogP contribution is -2.20. The molecule has 0 amide bonds. The SMILES string of the molecule is COc1ccccc1NC(=S)Nc1ccccc1C1CC1. The molecule has 3 nitrogen and oxygen atoms in total. The van der Waals surface area contributed by atoms with Crippen molar-refractivity contribution < 1.29 is 4.74 Å². The van der Waals surface area contributed by atoms with Gasteiger partial charge in [0, 0.05) is 5.69 Å². The molecule has 0 heterocycles. The smallest absolute Gasteiger partial charge is 0.175 e. The number of thiocarbonyl (C=S) groups is 1. The van der Waals surface area contributed by atoms with E-state index in [4.69, 9.17) is 17.0 Å². The van der Waals surface area contributed by atoms with Crippen LogP contribution in [-0.2, 0) is 0 Å². The second-order valence-electron chi connectivity index (χ2n) is 5.14. The molecule has 1 fully saturated rings. The third kappa shape index (κ3) is 3.34. The number of hydrogen-bond donors (Lipinski definition) is 2. The maximum atomic E-state index is 5.41. The summed E-state index contributed by atoms with van der Waals surface area (Å²) in [5.41, 5.74) is 3.30. The summed E-state index contributed by atoms with van der Waals surface area (Å²) in [6.45, 7) is 0. The molecule has 0 bridgehead atoms. The van der Waals surface area contributed by atoms with Crippen molar-refractivity contribution in [3.8, 4) is 5.75 Å². The summed E-state index contributed by atoms with van der Waals surface area (Å²) in [5, 5.41) is 7.06. The van der Waals surface area contributed by atoms with Gasteiger partial charge in [0.15, 0.2) is 5.11 Å². The van der Waals surface area contributed by atoms with Crippen molar-refractivity contribution in [1.82, 2.24) is 0 Å². The van der Waals surface area contributed by atoms with Crippen molar-refractivity contribution >= 4 is 28.7 Å². The van der Waals surface area contributed by atoms with E-state index in [2.05, 4.69) is 28.8 Å². The van der Waals surface area contributed by atoms with Crippen molar-refractivity contribution in [2.75, 3.05) is 17.7 Å². The van der Waals surface area contributed by atoms with Crippen LogP contribution in [0.1, 0.15) is 24.3 Å². The molecule has 2 N–H and O–H groups in total. The maximum absolute atomic E-state index is 5.41. The molecule has 2 aromatic carbocycles. The topological polar surface area (TPSA) is 33.3 Å². The molecule has 0 atom stereocenters.